The van der Waals surface area contributed by atoms with Crippen molar-refractivity contribution in [2.75, 3.05) is 17.4 Å². The highest BCUT2D eigenvalue weighted by molar-refractivity contribution is 9.10. The van der Waals surface area contributed by atoms with Gasteiger partial charge in [0.25, 0.3) is 10.0 Å². The van der Waals surface area contributed by atoms with Crippen molar-refractivity contribution in [3.63, 3.8) is 0 Å². The molecule has 0 aliphatic rings. The minimum Gasteiger partial charge on any atom is -0.354 e. The maximum absolute atomic E-state index is 14.0. The van der Waals surface area contributed by atoms with E-state index in [2.05, 4.69) is 21.2 Å². The molecular weight excluding hydrogens is 578 g/mol. The lowest BCUT2D eigenvalue weighted by Gasteiger charge is -2.32. The van der Waals surface area contributed by atoms with Gasteiger partial charge in [-0.3, -0.25) is 13.9 Å². The zero-order valence-corrected chi connectivity index (χ0v) is 25.3. The van der Waals surface area contributed by atoms with Crippen molar-refractivity contribution in [2.24, 2.45) is 0 Å². The summed E-state index contributed by atoms with van der Waals surface area (Å²) in [5.41, 5.74) is 2.96. The molecule has 3 aromatic rings. The molecule has 0 radical (unpaired) electrons. The number of unbranched alkanes of at least 4 members (excludes halogenated alkanes) is 1. The number of amides is 2. The first-order chi connectivity index (χ1) is 18.5. The van der Waals surface area contributed by atoms with Gasteiger partial charge in [-0.1, -0.05) is 65.7 Å². The Balaban J connectivity index is 2.02. The van der Waals surface area contributed by atoms with Crippen LogP contribution in [0.4, 0.5) is 5.69 Å². The van der Waals surface area contributed by atoms with E-state index in [1.807, 2.05) is 51.1 Å². The molecule has 0 heterocycles. The van der Waals surface area contributed by atoms with Gasteiger partial charge in [-0.25, -0.2) is 8.42 Å². The monoisotopic (exact) mass is 613 g/mol. The summed E-state index contributed by atoms with van der Waals surface area (Å²) < 4.78 is 29.7. The first-order valence-electron chi connectivity index (χ1n) is 13.0. The number of sulfonamides is 1. The molecule has 3 rings (SSSR count). The van der Waals surface area contributed by atoms with Crippen molar-refractivity contribution < 1.29 is 18.0 Å². The van der Waals surface area contributed by atoms with Crippen LogP contribution in [0.3, 0.4) is 0 Å². The fraction of sp³-hybridized carbons (Fsp3) is 0.333. The second-order valence-corrected chi connectivity index (χ2v) is 12.4. The first-order valence-corrected chi connectivity index (χ1v) is 15.2. The van der Waals surface area contributed by atoms with E-state index in [-0.39, 0.29) is 17.3 Å². The average Bonchev–Trinajstić information content (AvgIpc) is 2.89. The van der Waals surface area contributed by atoms with E-state index < -0.39 is 28.5 Å². The van der Waals surface area contributed by atoms with Crippen LogP contribution in [0, 0.1) is 13.8 Å². The van der Waals surface area contributed by atoms with Gasteiger partial charge in [0.1, 0.15) is 12.6 Å². The molecule has 0 spiro atoms. The second kappa shape index (κ2) is 13.8. The van der Waals surface area contributed by atoms with Crippen LogP contribution in [0.1, 0.15) is 43.4 Å². The summed E-state index contributed by atoms with van der Waals surface area (Å²) in [6.45, 7) is 7.67. The number of aryl methyl sites for hydroxylation is 2. The third-order valence-corrected chi connectivity index (χ3v) is 8.62. The molecule has 3 aromatic carbocycles. The Morgan fingerprint density at radius 1 is 0.949 bits per heavy atom. The lowest BCUT2D eigenvalue weighted by molar-refractivity contribution is -0.139. The van der Waals surface area contributed by atoms with Gasteiger partial charge in [0.15, 0.2) is 0 Å². The third kappa shape index (κ3) is 8.16. The molecule has 208 valence electrons. The van der Waals surface area contributed by atoms with E-state index in [4.69, 9.17) is 0 Å². The van der Waals surface area contributed by atoms with E-state index in [0.29, 0.717) is 12.2 Å². The number of halogens is 1. The van der Waals surface area contributed by atoms with E-state index in [0.717, 1.165) is 38.3 Å². The number of hydrogen-bond donors (Lipinski definition) is 1. The number of nitrogens with zero attached hydrogens (tertiary/aromatic N) is 2. The molecule has 2 amide bonds. The van der Waals surface area contributed by atoms with Crippen LogP contribution in [0.15, 0.2) is 82.2 Å². The molecule has 1 atom stereocenters. The molecule has 9 heteroatoms. The molecule has 7 nitrogen and oxygen atoms in total. The normalized spacial score (nSPS) is 12.0. The van der Waals surface area contributed by atoms with Crippen LogP contribution in [-0.4, -0.2) is 44.3 Å². The van der Waals surface area contributed by atoms with E-state index in [9.17, 15) is 18.0 Å². The number of carbonyl (C=O) groups excluding carboxylic acids is 2. The van der Waals surface area contributed by atoms with E-state index in [1.54, 1.807) is 37.3 Å². The third-order valence-electron chi connectivity index (χ3n) is 6.34. The maximum Gasteiger partial charge on any atom is 0.264 e. The van der Waals surface area contributed by atoms with Crippen LogP contribution in [0.2, 0.25) is 0 Å². The van der Waals surface area contributed by atoms with Gasteiger partial charge >= 0.3 is 0 Å². The van der Waals surface area contributed by atoms with Crippen LogP contribution in [-0.2, 0) is 26.2 Å². The average molecular weight is 615 g/mol. The Morgan fingerprint density at radius 2 is 1.62 bits per heavy atom. The van der Waals surface area contributed by atoms with Gasteiger partial charge in [-0.15, -0.1) is 0 Å². The van der Waals surface area contributed by atoms with Gasteiger partial charge in [0.05, 0.1) is 10.6 Å². The van der Waals surface area contributed by atoms with Gasteiger partial charge in [0, 0.05) is 17.6 Å². The van der Waals surface area contributed by atoms with Gasteiger partial charge in [-0.05, 0) is 80.3 Å². The Kier molecular flexibility index (Phi) is 10.7. The molecule has 0 saturated carbocycles. The lowest BCUT2D eigenvalue weighted by Crippen LogP contribution is -2.51. The van der Waals surface area contributed by atoms with E-state index in [1.165, 1.54) is 17.0 Å². The topological polar surface area (TPSA) is 86.8 Å². The zero-order valence-electron chi connectivity index (χ0n) is 22.9. The quantitative estimate of drug-likeness (QED) is 0.270. The van der Waals surface area contributed by atoms with Crippen molar-refractivity contribution in [1.82, 2.24) is 10.2 Å². The van der Waals surface area contributed by atoms with Crippen molar-refractivity contribution in [3.05, 3.63) is 94.0 Å². The summed E-state index contributed by atoms with van der Waals surface area (Å²) in [4.78, 5) is 28.5. The highest BCUT2D eigenvalue weighted by atomic mass is 79.9. The van der Waals surface area contributed by atoms with Crippen molar-refractivity contribution >= 4 is 43.5 Å². The minimum atomic E-state index is -4.08. The van der Waals surface area contributed by atoms with Crippen LogP contribution < -0.4 is 9.62 Å². The summed E-state index contributed by atoms with van der Waals surface area (Å²) in [5, 5.41) is 2.90. The molecule has 0 bridgehead atoms. The molecule has 39 heavy (non-hydrogen) atoms. The molecule has 0 unspecified atom stereocenters. The summed E-state index contributed by atoms with van der Waals surface area (Å²) in [6, 6.07) is 20.2. The van der Waals surface area contributed by atoms with Crippen molar-refractivity contribution in [2.45, 2.75) is 58.0 Å². The first kappa shape index (κ1) is 30.4. The minimum absolute atomic E-state index is 0.0841. The van der Waals surface area contributed by atoms with Crippen LogP contribution in [0.5, 0.6) is 0 Å². The Labute approximate surface area is 240 Å². The number of nitrogens with one attached hydrogen (secondary N) is 1. The molecular formula is C30H36BrN3O4S. The highest BCUT2D eigenvalue weighted by Gasteiger charge is 2.32. The summed E-state index contributed by atoms with van der Waals surface area (Å²) >= 11 is 3.46. The molecule has 0 fully saturated rings. The summed E-state index contributed by atoms with van der Waals surface area (Å²) in [5.74, 6) is -0.762. The van der Waals surface area contributed by atoms with Gasteiger partial charge in [-0.2, -0.15) is 0 Å². The highest BCUT2D eigenvalue weighted by Crippen LogP contribution is 2.27. The van der Waals surface area contributed by atoms with Crippen LogP contribution >= 0.6 is 15.9 Å². The van der Waals surface area contributed by atoms with E-state index >= 15 is 0 Å². The van der Waals surface area contributed by atoms with Crippen molar-refractivity contribution in [1.29, 1.82) is 0 Å². The molecule has 0 aromatic heterocycles. The Hall–Kier alpha value is -3.17. The predicted octanol–water partition coefficient (Wildman–Crippen LogP) is 5.59. The molecule has 0 aliphatic heterocycles. The van der Waals surface area contributed by atoms with Gasteiger partial charge < -0.3 is 10.2 Å². The fourth-order valence-corrected chi connectivity index (χ4v) is 6.16. The summed E-state index contributed by atoms with van der Waals surface area (Å²) in [7, 11) is -4.08. The standard InChI is InChI=1S/C30H36BrN3O4S/c1-5-6-15-32-30(36)24(4)33(20-25-11-10-12-26(31)19-25)29(35)21-34(27-17-22(2)16-23(3)18-27)39(37,38)28-13-8-7-9-14-28/h7-14,16-19,24H,5-6,15,20-21H2,1-4H3,(H,32,36)/t24-/m1/s1. The van der Waals surface area contributed by atoms with Crippen molar-refractivity contribution in [3.8, 4) is 0 Å². The Bertz CT molecular complexity index is 1380. The lowest BCUT2D eigenvalue weighted by atomic mass is 10.1. The largest absolute Gasteiger partial charge is 0.354 e. The molecule has 1 N–H and O–H groups in total. The number of benzene rings is 3. The zero-order chi connectivity index (χ0) is 28.6. The summed E-state index contributed by atoms with van der Waals surface area (Å²) in [6.07, 6.45) is 1.76. The van der Waals surface area contributed by atoms with Crippen LogP contribution in [0.25, 0.3) is 0 Å². The predicted molar refractivity (Wildman–Crippen MR) is 159 cm³/mol. The number of anilines is 1. The maximum atomic E-state index is 14.0. The Morgan fingerprint density at radius 3 is 2.23 bits per heavy atom. The SMILES string of the molecule is CCCCNC(=O)[C@@H](C)N(Cc1cccc(Br)c1)C(=O)CN(c1cc(C)cc(C)c1)S(=O)(=O)c1ccccc1. The number of carbonyl (C=O) groups is 2. The number of rotatable bonds is 12. The number of hydrogen-bond acceptors (Lipinski definition) is 4. The molecule has 0 saturated heterocycles. The van der Waals surface area contributed by atoms with Gasteiger partial charge in [0.2, 0.25) is 11.8 Å². The second-order valence-electron chi connectivity index (χ2n) is 9.64. The molecule has 0 aliphatic carbocycles. The fourth-order valence-electron chi connectivity index (χ4n) is 4.29. The smallest absolute Gasteiger partial charge is 0.264 e.